The van der Waals surface area contributed by atoms with Gasteiger partial charge in [0, 0.05) is 0 Å². The topological polar surface area (TPSA) is 0 Å². The Morgan fingerprint density at radius 2 is 0.350 bits per heavy atom. The molecule has 0 aromatic heterocycles. The van der Waals surface area contributed by atoms with E-state index in [0.29, 0.717) is 0 Å². The Balaban J connectivity index is 0.0000000923. The van der Waals surface area contributed by atoms with Crippen molar-refractivity contribution in [3.8, 4) is 0 Å². The third kappa shape index (κ3) is 10.00. The fourth-order valence-electron chi connectivity index (χ4n) is 18.5. The molecule has 22 aromatic carbocycles. The van der Waals surface area contributed by atoms with Gasteiger partial charge in [-0.2, -0.15) is 0 Å². The summed E-state index contributed by atoms with van der Waals surface area (Å²) in [5.74, 6) is 0. The fourth-order valence-corrected chi connectivity index (χ4v) is 18.5. The second kappa shape index (κ2) is 25.3. The first-order valence-electron chi connectivity index (χ1n) is 37.6. The average Bonchev–Trinajstić information content (AvgIpc) is 0.738. The molecule has 103 heavy (non-hydrogen) atoms. The van der Waals surface area contributed by atoms with Crippen LogP contribution in [0.1, 0.15) is 90.3 Å². The van der Waals surface area contributed by atoms with Gasteiger partial charge in [-0.05, 0) is 305 Å². The predicted octanol–water partition coefficient (Wildman–Crippen LogP) is 29.6. The van der Waals surface area contributed by atoms with Crippen LogP contribution in [0, 0.1) is 34.6 Å². The molecule has 0 heteroatoms. The van der Waals surface area contributed by atoms with Gasteiger partial charge in [-0.25, -0.2) is 0 Å². The molecule has 22 rings (SSSR count). The van der Waals surface area contributed by atoms with Crippen molar-refractivity contribution >= 4 is 183 Å². The van der Waals surface area contributed by atoms with Gasteiger partial charge in [-0.15, -0.1) is 0 Å². The van der Waals surface area contributed by atoms with E-state index in [1.54, 1.807) is 0 Å². The maximum Gasteiger partial charge on any atom is -0.00214 e. The van der Waals surface area contributed by atoms with Crippen molar-refractivity contribution in [2.45, 2.75) is 101 Å². The van der Waals surface area contributed by atoms with Gasteiger partial charge < -0.3 is 0 Å². The summed E-state index contributed by atoms with van der Waals surface area (Å²) in [6.07, 6.45) is 5.42. The molecule has 0 fully saturated rings. The van der Waals surface area contributed by atoms with Gasteiger partial charge >= 0.3 is 0 Å². The van der Waals surface area contributed by atoms with Gasteiger partial charge in [-0.1, -0.05) is 302 Å². The summed E-state index contributed by atoms with van der Waals surface area (Å²) in [4.78, 5) is 0. The number of rotatable bonds is 5. The quantitative estimate of drug-likeness (QED) is 0.119. The van der Waals surface area contributed by atoms with E-state index in [1.807, 2.05) is 0 Å². The molecule has 0 spiro atoms. The number of aryl methyl sites for hydroxylation is 10. The zero-order chi connectivity index (χ0) is 70.1. The monoisotopic (exact) mass is 1320 g/mol. The van der Waals surface area contributed by atoms with Crippen LogP contribution >= 0.6 is 0 Å². The van der Waals surface area contributed by atoms with Crippen LogP contribution in [0.5, 0.6) is 0 Å². The first-order chi connectivity index (χ1) is 50.5. The van der Waals surface area contributed by atoms with Crippen molar-refractivity contribution in [2.75, 3.05) is 0 Å². The molecule has 0 aliphatic rings. The summed E-state index contributed by atoms with van der Waals surface area (Å²) in [5, 5.41) is 47.5. The summed E-state index contributed by atoms with van der Waals surface area (Å²) in [6, 6.07) is 99.6. The van der Waals surface area contributed by atoms with E-state index in [4.69, 9.17) is 0 Å². The van der Waals surface area contributed by atoms with Crippen molar-refractivity contribution < 1.29 is 0 Å². The molecule has 496 valence electrons. The molecule has 0 unspecified atom stereocenters. The minimum absolute atomic E-state index is 1.07. The Morgan fingerprint density at radius 3 is 0.748 bits per heavy atom. The highest BCUT2D eigenvalue weighted by Crippen LogP contribution is 2.46. The molecule has 0 N–H and O–H groups in total. The second-order valence-electron chi connectivity index (χ2n) is 29.2. The number of hydrogen-bond donors (Lipinski definition) is 0. The molecule has 22 aromatic rings. The van der Waals surface area contributed by atoms with Crippen LogP contribution in [0.25, 0.3) is 183 Å². The minimum Gasteiger partial charge on any atom is -0.0613 e. The molecule has 0 radical (unpaired) electrons. The highest BCUT2D eigenvalue weighted by atomic mass is 14.2. The molecule has 0 amide bonds. The maximum absolute atomic E-state index is 2.35. The Kier molecular flexibility index (Phi) is 15.6. The van der Waals surface area contributed by atoms with Gasteiger partial charge in [0.05, 0.1) is 0 Å². The van der Waals surface area contributed by atoms with Gasteiger partial charge in [0.25, 0.3) is 0 Å². The molecular weight excluding hydrogens is 1240 g/mol. The van der Waals surface area contributed by atoms with Crippen LogP contribution in [0.2, 0.25) is 0 Å². The largest absolute Gasteiger partial charge is 0.0613 e. The van der Waals surface area contributed by atoms with Crippen LogP contribution in [0.3, 0.4) is 0 Å². The van der Waals surface area contributed by atoms with Gasteiger partial charge in [0.2, 0.25) is 0 Å². The van der Waals surface area contributed by atoms with E-state index >= 15 is 0 Å². The van der Waals surface area contributed by atoms with Crippen LogP contribution in [-0.4, -0.2) is 0 Å². The molecule has 0 aliphatic heterocycles. The highest BCUT2D eigenvalue weighted by molar-refractivity contribution is 6.35. The van der Waals surface area contributed by atoms with Crippen molar-refractivity contribution in [1.29, 1.82) is 0 Å². The van der Waals surface area contributed by atoms with E-state index in [2.05, 4.69) is 336 Å². The van der Waals surface area contributed by atoms with Crippen molar-refractivity contribution in [3.05, 3.63) is 323 Å². The van der Waals surface area contributed by atoms with Crippen LogP contribution in [-0.2, 0) is 32.1 Å². The molecule has 0 atom stereocenters. The number of benzene rings is 22. The lowest BCUT2D eigenvalue weighted by molar-refractivity contribution is 1.15. The van der Waals surface area contributed by atoms with E-state index in [-0.39, 0.29) is 0 Å². The Morgan fingerprint density at radius 1 is 0.146 bits per heavy atom. The van der Waals surface area contributed by atoms with Crippen molar-refractivity contribution in [2.24, 2.45) is 0 Å². The molecule has 0 bridgehead atoms. The highest BCUT2D eigenvalue weighted by Gasteiger charge is 2.19. The van der Waals surface area contributed by atoms with Crippen molar-refractivity contribution in [1.82, 2.24) is 0 Å². The average molecular weight is 1320 g/mol. The summed E-state index contributed by atoms with van der Waals surface area (Å²) in [6.45, 7) is 22.2. The first kappa shape index (κ1) is 63.7. The first-order valence-corrected chi connectivity index (χ1v) is 37.6. The SMILES string of the molecule is CCc1cc(C)c2ccc3cccc4ccc1c2c34.CCc1ccc2c3ccc(C)c4cccc(c5cccc1c52)c43.CCc1ccc2c3cccc4c(C)ccc(c5cccc1c52)c43.CCc1ccc2ccc3c(C)ccc4ccc1c2c43.CCc1ccc2ccc3ccc(C)c4ccc1c2c34. The van der Waals surface area contributed by atoms with Crippen LogP contribution in [0.4, 0.5) is 0 Å². The summed E-state index contributed by atoms with van der Waals surface area (Å²) in [7, 11) is 0. The Hall–Kier alpha value is -11.4. The summed E-state index contributed by atoms with van der Waals surface area (Å²) >= 11 is 0. The maximum atomic E-state index is 2.35. The Bertz CT molecular complexity index is 6710. The predicted molar refractivity (Wildman–Crippen MR) is 456 cm³/mol. The summed E-state index contributed by atoms with van der Waals surface area (Å²) in [5.41, 5.74) is 14.1. The lowest BCUT2D eigenvalue weighted by atomic mass is 9.87. The van der Waals surface area contributed by atoms with E-state index < -0.39 is 0 Å². The second-order valence-corrected chi connectivity index (χ2v) is 29.2. The number of fused-ring (bicyclic) bond motifs is 4. The summed E-state index contributed by atoms with van der Waals surface area (Å²) < 4.78 is 0. The molecule has 0 heterocycles. The van der Waals surface area contributed by atoms with Crippen LogP contribution in [0.15, 0.2) is 267 Å². The normalized spacial score (nSPS) is 12.0. The van der Waals surface area contributed by atoms with E-state index in [1.165, 1.54) is 239 Å². The fraction of sp³-hybridized carbons (Fsp3) is 0.146. The van der Waals surface area contributed by atoms with Gasteiger partial charge in [0.1, 0.15) is 0 Å². The molecule has 0 aliphatic carbocycles. The number of hydrogen-bond acceptors (Lipinski definition) is 0. The third-order valence-corrected chi connectivity index (χ3v) is 23.7. The molecular formula is C103H84. The van der Waals surface area contributed by atoms with Crippen LogP contribution < -0.4 is 0 Å². The lowest BCUT2D eigenvalue weighted by Gasteiger charge is -2.16. The minimum atomic E-state index is 1.07. The zero-order valence-corrected chi connectivity index (χ0v) is 60.9. The molecule has 0 saturated carbocycles. The Labute approximate surface area is 603 Å². The third-order valence-electron chi connectivity index (χ3n) is 23.7. The van der Waals surface area contributed by atoms with Gasteiger partial charge in [-0.3, -0.25) is 0 Å². The van der Waals surface area contributed by atoms with Crippen molar-refractivity contribution in [3.63, 3.8) is 0 Å². The molecule has 0 saturated heterocycles. The standard InChI is InChI=1S/2C23H18.3C19H16/c1-3-15-11-13-21-18-8-4-6-16-14(2)10-12-20(22(16)18)19-9-5-7-17(15)23(19)21;1-3-15-11-13-21-20-12-10-14(2)16-6-4-8-18(22(16)20)19-9-5-7-17(15)23(19)21;1-3-13-6-7-15-8-10-16-12(2)4-5-14-9-11-17(13)19(15)18(14)16;1-3-13-6-7-15-9-8-14-5-4-12(2)16-10-11-17(13)19(15)18(14)16;1-3-13-11-12(2)16-9-7-14-5-4-6-15-8-10-17(13)19(16)18(14)15/h2*4-13H,3H2,1-2H3;3*4-11H,3H2,1-2H3. The van der Waals surface area contributed by atoms with Gasteiger partial charge in [0.15, 0.2) is 0 Å². The van der Waals surface area contributed by atoms with E-state index in [0.717, 1.165) is 32.1 Å². The smallest absolute Gasteiger partial charge is 0.00214 e. The van der Waals surface area contributed by atoms with E-state index in [9.17, 15) is 0 Å². The lowest BCUT2D eigenvalue weighted by Crippen LogP contribution is -1.91. The molecule has 0 nitrogen and oxygen atoms in total. The zero-order valence-electron chi connectivity index (χ0n) is 60.9.